The molecule has 14 heteroatoms. The van der Waals surface area contributed by atoms with E-state index in [1.54, 1.807) is 24.7 Å². The molecule has 1 aliphatic carbocycles. The monoisotopic (exact) mass is 511 g/mol. The first-order chi connectivity index (χ1) is 16.6. The molecular formula is C21H18F5N7OS. The lowest BCUT2D eigenvalue weighted by atomic mass is 10.2. The van der Waals surface area contributed by atoms with Crippen molar-refractivity contribution in [1.82, 2.24) is 29.1 Å². The molecule has 5 rings (SSSR count). The van der Waals surface area contributed by atoms with Gasteiger partial charge in [-0.1, -0.05) is 6.92 Å². The summed E-state index contributed by atoms with van der Waals surface area (Å²) in [6.07, 6.45) is -3.65. The van der Waals surface area contributed by atoms with Crippen molar-refractivity contribution >= 4 is 33.4 Å². The van der Waals surface area contributed by atoms with Gasteiger partial charge in [0.1, 0.15) is 16.4 Å². The van der Waals surface area contributed by atoms with E-state index in [-0.39, 0.29) is 33.7 Å². The minimum atomic E-state index is -4.60. The number of imidazole rings is 1. The molecule has 0 N–H and O–H groups in total. The molecular weight excluding hydrogens is 493 g/mol. The number of pyridine rings is 1. The van der Waals surface area contributed by atoms with Gasteiger partial charge in [-0.25, -0.2) is 19.5 Å². The van der Waals surface area contributed by atoms with Crippen molar-refractivity contribution in [2.24, 2.45) is 11.4 Å². The second-order valence-electron chi connectivity index (χ2n) is 8.00. The van der Waals surface area contributed by atoms with Crippen LogP contribution in [0.15, 0.2) is 33.9 Å². The number of amides is 1. The Labute approximate surface area is 197 Å². The fraction of sp³-hybridized carbons (Fsp3) is 0.381. The largest absolute Gasteiger partial charge is 0.417 e. The molecule has 4 aromatic heterocycles. The topological polar surface area (TPSA) is 90.3 Å². The first-order valence-corrected chi connectivity index (χ1v) is 12.0. The smallest absolute Gasteiger partial charge is 0.312 e. The Kier molecular flexibility index (Phi) is 5.65. The van der Waals surface area contributed by atoms with Gasteiger partial charge in [0, 0.05) is 36.8 Å². The molecule has 1 aliphatic rings. The van der Waals surface area contributed by atoms with Crippen molar-refractivity contribution < 1.29 is 26.7 Å². The predicted octanol–water partition coefficient (Wildman–Crippen LogP) is 4.55. The highest BCUT2D eigenvalue weighted by atomic mass is 32.2. The lowest BCUT2D eigenvalue weighted by molar-refractivity contribution is -0.137. The number of alkyl halides is 5. The Morgan fingerprint density at radius 3 is 2.63 bits per heavy atom. The van der Waals surface area contributed by atoms with Gasteiger partial charge >= 0.3 is 18.5 Å². The Balaban J connectivity index is 1.80. The summed E-state index contributed by atoms with van der Waals surface area (Å²) in [5, 5.41) is 4.84. The second kappa shape index (κ2) is 8.43. The SMILES string of the molecule is CCS(=NC(=O)C(F)F)c1nn2c(C3CC3)ccnc2c1-c1nc2cc(C(F)(F)F)cnc2n1C. The highest BCUT2D eigenvalue weighted by molar-refractivity contribution is 7.87. The molecule has 0 radical (unpaired) electrons. The lowest BCUT2D eigenvalue weighted by Gasteiger charge is -2.06. The molecule has 0 spiro atoms. The maximum absolute atomic E-state index is 13.2. The molecule has 35 heavy (non-hydrogen) atoms. The number of halogens is 5. The second-order valence-corrected chi connectivity index (χ2v) is 9.88. The molecule has 0 aliphatic heterocycles. The van der Waals surface area contributed by atoms with Crippen LogP contribution in [-0.2, 0) is 28.7 Å². The summed E-state index contributed by atoms with van der Waals surface area (Å²) in [5.74, 6) is -0.910. The highest BCUT2D eigenvalue weighted by Gasteiger charge is 2.33. The van der Waals surface area contributed by atoms with Gasteiger partial charge in [0.05, 0.1) is 11.1 Å². The zero-order valence-electron chi connectivity index (χ0n) is 18.4. The van der Waals surface area contributed by atoms with Crippen LogP contribution in [0.25, 0.3) is 28.2 Å². The van der Waals surface area contributed by atoms with E-state index in [9.17, 15) is 26.7 Å². The van der Waals surface area contributed by atoms with Crippen molar-refractivity contribution in [2.45, 2.75) is 43.3 Å². The Morgan fingerprint density at radius 1 is 1.26 bits per heavy atom. The standard InChI is InChI=1S/C21H18F5N7OS/c1-3-35(31-19(34)15(22)23)20-14(17-27-7-6-13(10-4-5-10)33(17)30-20)18-29-12-8-11(21(24,25)26)9-28-16(12)32(18)2/h6-10,15H,3-5H2,1-2H3. The highest BCUT2D eigenvalue weighted by Crippen LogP contribution is 2.41. The van der Waals surface area contributed by atoms with Crippen LogP contribution in [0.3, 0.4) is 0 Å². The number of aryl methyl sites for hydroxylation is 1. The van der Waals surface area contributed by atoms with E-state index in [1.807, 2.05) is 6.07 Å². The number of carbonyl (C=O) groups is 1. The van der Waals surface area contributed by atoms with E-state index in [1.165, 1.54) is 4.57 Å². The molecule has 8 nitrogen and oxygen atoms in total. The minimum absolute atomic E-state index is 0.00190. The number of carbonyl (C=O) groups excluding carboxylic acids is 1. The summed E-state index contributed by atoms with van der Waals surface area (Å²) in [5.41, 5.74) is 0.766. The number of nitrogens with zero attached hydrogens (tertiary/aromatic N) is 7. The van der Waals surface area contributed by atoms with Crippen molar-refractivity contribution in [3.8, 4) is 11.4 Å². The average molecular weight is 511 g/mol. The van der Waals surface area contributed by atoms with Gasteiger partial charge in [-0.3, -0.25) is 4.79 Å². The summed E-state index contributed by atoms with van der Waals surface area (Å²) in [6, 6.07) is 2.70. The predicted molar refractivity (Wildman–Crippen MR) is 117 cm³/mol. The van der Waals surface area contributed by atoms with E-state index >= 15 is 0 Å². The molecule has 184 valence electrons. The van der Waals surface area contributed by atoms with Gasteiger partial charge in [0.15, 0.2) is 11.3 Å². The molecule has 0 bridgehead atoms. The molecule has 1 saturated carbocycles. The van der Waals surface area contributed by atoms with Crippen LogP contribution in [0, 0.1) is 0 Å². The molecule has 4 aromatic rings. The van der Waals surface area contributed by atoms with E-state index < -0.39 is 34.8 Å². The van der Waals surface area contributed by atoms with Gasteiger partial charge in [-0.15, -0.1) is 0 Å². The summed E-state index contributed by atoms with van der Waals surface area (Å²) in [4.78, 5) is 24.5. The van der Waals surface area contributed by atoms with E-state index in [0.29, 0.717) is 11.2 Å². The number of hydrogen-bond acceptors (Lipinski definition) is 5. The molecule has 0 aromatic carbocycles. The third-order valence-corrected chi connectivity index (χ3v) is 7.33. The molecule has 1 amide bonds. The van der Waals surface area contributed by atoms with E-state index in [4.69, 9.17) is 0 Å². The van der Waals surface area contributed by atoms with Crippen molar-refractivity contribution in [2.75, 3.05) is 5.75 Å². The number of fused-ring (bicyclic) bond motifs is 2. The van der Waals surface area contributed by atoms with E-state index in [2.05, 4.69) is 24.4 Å². The van der Waals surface area contributed by atoms with Gasteiger partial charge in [-0.2, -0.15) is 31.4 Å². The fourth-order valence-electron chi connectivity index (χ4n) is 3.84. The van der Waals surface area contributed by atoms with Crippen LogP contribution in [0.2, 0.25) is 0 Å². The quantitative estimate of drug-likeness (QED) is 0.367. The number of aromatic nitrogens is 6. The Morgan fingerprint density at radius 2 is 2.00 bits per heavy atom. The summed E-state index contributed by atoms with van der Waals surface area (Å²) < 4.78 is 72.5. The van der Waals surface area contributed by atoms with E-state index in [0.717, 1.165) is 30.8 Å². The summed E-state index contributed by atoms with van der Waals surface area (Å²) in [6.45, 7) is 1.68. The van der Waals surface area contributed by atoms with Crippen molar-refractivity contribution in [3.63, 3.8) is 0 Å². The fourth-order valence-corrected chi connectivity index (χ4v) is 5.22. The first kappa shape index (κ1) is 23.5. The Hall–Kier alpha value is -3.29. The zero-order valence-corrected chi connectivity index (χ0v) is 19.2. The van der Waals surface area contributed by atoms with Gasteiger partial charge < -0.3 is 4.57 Å². The van der Waals surface area contributed by atoms with Crippen LogP contribution in [-0.4, -0.2) is 47.2 Å². The third kappa shape index (κ3) is 4.09. The van der Waals surface area contributed by atoms with Crippen molar-refractivity contribution in [1.29, 1.82) is 0 Å². The average Bonchev–Trinajstić information content (AvgIpc) is 3.51. The normalized spacial score (nSPS) is 15.5. The van der Waals surface area contributed by atoms with Crippen LogP contribution >= 0.6 is 0 Å². The molecule has 1 fully saturated rings. The minimum Gasteiger partial charge on any atom is -0.312 e. The maximum atomic E-state index is 13.2. The molecule has 1 atom stereocenters. The lowest BCUT2D eigenvalue weighted by Crippen LogP contribution is -2.10. The van der Waals surface area contributed by atoms with Crippen LogP contribution in [0.4, 0.5) is 22.0 Å². The summed E-state index contributed by atoms with van der Waals surface area (Å²) >= 11 is 0. The molecule has 4 heterocycles. The number of hydrogen-bond donors (Lipinski definition) is 0. The van der Waals surface area contributed by atoms with Crippen LogP contribution in [0.5, 0.6) is 0 Å². The molecule has 1 unspecified atom stereocenters. The maximum Gasteiger partial charge on any atom is 0.417 e. The number of rotatable bonds is 5. The molecule has 0 saturated heterocycles. The van der Waals surface area contributed by atoms with Crippen LogP contribution in [0.1, 0.15) is 36.9 Å². The summed E-state index contributed by atoms with van der Waals surface area (Å²) in [7, 11) is 0.208. The van der Waals surface area contributed by atoms with Gasteiger partial charge in [0.25, 0.3) is 0 Å². The van der Waals surface area contributed by atoms with Gasteiger partial charge in [-0.05, 0) is 35.7 Å². The Bertz CT molecular complexity index is 1500. The van der Waals surface area contributed by atoms with Crippen molar-refractivity contribution in [3.05, 3.63) is 35.8 Å². The van der Waals surface area contributed by atoms with Gasteiger partial charge in [0.2, 0.25) is 0 Å². The first-order valence-electron chi connectivity index (χ1n) is 10.6. The third-order valence-electron chi connectivity index (χ3n) is 5.65. The van der Waals surface area contributed by atoms with Crippen LogP contribution < -0.4 is 0 Å². The zero-order chi connectivity index (χ0) is 25.1.